The second kappa shape index (κ2) is 11.0. The number of quaternary nitrogens is 1. The first-order valence-corrected chi connectivity index (χ1v) is 11.0. The van der Waals surface area contributed by atoms with E-state index in [1.807, 2.05) is 21.1 Å². The number of carbonyl (C=O) groups is 1. The Bertz CT molecular complexity index is 1250. The van der Waals surface area contributed by atoms with Crippen LogP contribution in [0.25, 0.3) is 11.5 Å². The van der Waals surface area contributed by atoms with Gasteiger partial charge in [0.25, 0.3) is 0 Å². The minimum Gasteiger partial charge on any atom is -0.457 e. The van der Waals surface area contributed by atoms with Crippen molar-refractivity contribution in [2.45, 2.75) is 12.7 Å². The highest BCUT2D eigenvalue weighted by Gasteiger charge is 2.30. The lowest BCUT2D eigenvalue weighted by Crippen LogP contribution is -2.38. The summed E-state index contributed by atoms with van der Waals surface area (Å²) in [7, 11) is 5.85. The van der Waals surface area contributed by atoms with E-state index < -0.39 is 30.4 Å². The van der Waals surface area contributed by atoms with Gasteiger partial charge in [0.2, 0.25) is 12.7 Å². The van der Waals surface area contributed by atoms with Crippen molar-refractivity contribution in [2.24, 2.45) is 0 Å². The molecule has 1 aromatic heterocycles. The third-order valence-corrected chi connectivity index (χ3v) is 5.02. The molecule has 3 aromatic rings. The quantitative estimate of drug-likeness (QED) is 0.230. The molecular weight excluding hydrogens is 507 g/mol. The number of nitrogens with zero attached hydrogens (tertiary/aromatic N) is 3. The molecule has 0 bridgehead atoms. The molecule has 0 fully saturated rings. The van der Waals surface area contributed by atoms with E-state index in [-0.39, 0.29) is 30.4 Å². The van der Waals surface area contributed by atoms with Crippen molar-refractivity contribution in [2.75, 3.05) is 41.1 Å². The maximum atomic E-state index is 12.8. The summed E-state index contributed by atoms with van der Waals surface area (Å²) < 4.78 is 60.4. The van der Waals surface area contributed by atoms with Crippen LogP contribution in [-0.2, 0) is 22.2 Å². The van der Waals surface area contributed by atoms with Crippen LogP contribution in [0, 0.1) is 0 Å². The molecule has 0 spiro atoms. The fourth-order valence-electron chi connectivity index (χ4n) is 2.88. The zero-order valence-corrected chi connectivity index (χ0v) is 20.4. The lowest BCUT2D eigenvalue weighted by Gasteiger charge is -2.23. The fourth-order valence-corrected chi connectivity index (χ4v) is 3.08. The molecule has 0 unspecified atom stereocenters. The number of carbonyl (C=O) groups excluding carboxylic acids is 1. The normalized spacial score (nSPS) is 11.9. The molecule has 1 heterocycles. The maximum absolute atomic E-state index is 12.8. The van der Waals surface area contributed by atoms with Crippen LogP contribution in [0.2, 0.25) is 5.02 Å². The Hall–Kier alpha value is -3.51. The van der Waals surface area contributed by atoms with Crippen molar-refractivity contribution in [3.05, 3.63) is 69.2 Å². The van der Waals surface area contributed by atoms with Gasteiger partial charge in [-0.2, -0.15) is 17.9 Å². The number of alkyl halides is 3. The Morgan fingerprint density at radius 2 is 1.81 bits per heavy atom. The number of rotatable bonds is 9. The van der Waals surface area contributed by atoms with Gasteiger partial charge in [-0.15, -0.1) is 5.10 Å². The molecule has 0 saturated heterocycles. The van der Waals surface area contributed by atoms with E-state index in [4.69, 9.17) is 30.2 Å². The number of likely N-dealkylation sites (N-methyl/N-ethyl adjacent to an activating group) is 1. The summed E-state index contributed by atoms with van der Waals surface area (Å²) in [5.41, 5.74) is -0.231. The lowest BCUT2D eigenvalue weighted by atomic mass is 10.1. The molecule has 0 saturated carbocycles. The molecule has 0 N–H and O–H groups in total. The molecule has 3 rings (SSSR count). The Labute approximate surface area is 209 Å². The van der Waals surface area contributed by atoms with Gasteiger partial charge >= 0.3 is 18.1 Å². The Morgan fingerprint density at radius 3 is 2.44 bits per heavy atom. The van der Waals surface area contributed by atoms with Gasteiger partial charge in [-0.05, 0) is 42.5 Å². The number of aromatic nitrogens is 2. The van der Waals surface area contributed by atoms with Crippen molar-refractivity contribution in [3.63, 3.8) is 0 Å². The van der Waals surface area contributed by atoms with Crippen LogP contribution in [-0.4, -0.2) is 61.5 Å². The maximum Gasteiger partial charge on any atom is 0.511 e. The van der Waals surface area contributed by atoms with Gasteiger partial charge in [-0.1, -0.05) is 11.6 Å². The Morgan fingerprint density at radius 1 is 1.11 bits per heavy atom. The highest BCUT2D eigenvalue weighted by atomic mass is 35.5. The minimum atomic E-state index is -4.49. The van der Waals surface area contributed by atoms with E-state index in [9.17, 15) is 22.8 Å². The lowest BCUT2D eigenvalue weighted by molar-refractivity contribution is -0.870. The Balaban J connectivity index is 1.66. The molecule has 0 amide bonds. The van der Waals surface area contributed by atoms with Crippen LogP contribution in [0.3, 0.4) is 0 Å². The van der Waals surface area contributed by atoms with Crippen LogP contribution < -0.4 is 10.5 Å². The van der Waals surface area contributed by atoms with E-state index in [2.05, 4.69) is 5.10 Å². The average molecular weight is 531 g/mol. The predicted octanol–water partition coefficient (Wildman–Crippen LogP) is 4.42. The zero-order chi connectivity index (χ0) is 26.5. The van der Waals surface area contributed by atoms with Crippen molar-refractivity contribution in [1.82, 2.24) is 9.78 Å². The number of hydrogen-bond donors (Lipinski definition) is 0. The van der Waals surface area contributed by atoms with Gasteiger partial charge in [0, 0.05) is 16.1 Å². The predicted molar refractivity (Wildman–Crippen MR) is 123 cm³/mol. The number of hydrogen-bond acceptors (Lipinski definition) is 7. The van der Waals surface area contributed by atoms with E-state index in [1.54, 1.807) is 6.07 Å². The summed E-state index contributed by atoms with van der Waals surface area (Å²) in [6.07, 6.45) is -5.39. The van der Waals surface area contributed by atoms with E-state index >= 15 is 0 Å². The molecule has 0 atom stereocenters. The second-order valence-electron chi connectivity index (χ2n) is 8.68. The van der Waals surface area contributed by atoms with E-state index in [0.29, 0.717) is 21.6 Å². The van der Waals surface area contributed by atoms with Gasteiger partial charge in [0.1, 0.15) is 18.9 Å². The van der Waals surface area contributed by atoms with Gasteiger partial charge < -0.3 is 23.1 Å². The summed E-state index contributed by atoms with van der Waals surface area (Å²) in [5.74, 6) is -0.740. The highest BCUT2D eigenvalue weighted by Crippen LogP contribution is 2.30. The SMILES string of the molecule is C[N+](C)(C)CCOC(=O)OCOc1ccc(Cl)cc1Cn1nc(-c2ccc(C(F)(F)F)cc2)oc1=O. The van der Waals surface area contributed by atoms with E-state index in [1.165, 1.54) is 12.1 Å². The molecule has 2 aromatic carbocycles. The third kappa shape index (κ3) is 7.75. The minimum absolute atomic E-state index is 0.132. The smallest absolute Gasteiger partial charge is 0.457 e. The topological polar surface area (TPSA) is 92.8 Å². The second-order valence-corrected chi connectivity index (χ2v) is 9.11. The van der Waals surface area contributed by atoms with Crippen molar-refractivity contribution in [1.29, 1.82) is 0 Å². The van der Waals surface area contributed by atoms with Gasteiger partial charge in [-0.25, -0.2) is 9.59 Å². The molecular formula is C23H24ClF3N3O6+. The van der Waals surface area contributed by atoms with Gasteiger partial charge in [-0.3, -0.25) is 0 Å². The van der Waals surface area contributed by atoms with Crippen LogP contribution >= 0.6 is 11.6 Å². The first kappa shape index (κ1) is 27.1. The zero-order valence-electron chi connectivity index (χ0n) is 19.7. The standard InChI is InChI=1S/C23H24ClF3N3O6/c1-30(2,3)10-11-33-22(32)35-14-34-19-9-8-18(24)12-16(19)13-29-21(31)36-20(28-29)15-4-6-17(7-5-15)23(25,26)27/h4-9,12H,10-11,13-14H2,1-3H3/q+1. The van der Waals surface area contributed by atoms with Crippen LogP contribution in [0.1, 0.15) is 11.1 Å². The number of halogens is 4. The van der Waals surface area contributed by atoms with Crippen molar-refractivity contribution < 1.29 is 41.1 Å². The summed E-state index contributed by atoms with van der Waals surface area (Å²) in [6, 6.07) is 8.63. The molecule has 0 aliphatic rings. The summed E-state index contributed by atoms with van der Waals surface area (Å²) in [4.78, 5) is 24.0. The third-order valence-electron chi connectivity index (χ3n) is 4.78. The molecule has 36 heavy (non-hydrogen) atoms. The first-order chi connectivity index (χ1) is 16.8. The van der Waals surface area contributed by atoms with Gasteiger partial charge in [0.05, 0.1) is 33.3 Å². The van der Waals surface area contributed by atoms with Crippen LogP contribution in [0.5, 0.6) is 5.75 Å². The molecule has 194 valence electrons. The summed E-state index contributed by atoms with van der Waals surface area (Å²) in [5, 5.41) is 4.40. The molecule has 0 aliphatic carbocycles. The largest absolute Gasteiger partial charge is 0.511 e. The molecule has 13 heteroatoms. The first-order valence-electron chi connectivity index (χ1n) is 10.6. The Kier molecular flexibility index (Phi) is 8.31. The fraction of sp³-hybridized carbons (Fsp3) is 0.348. The molecule has 9 nitrogen and oxygen atoms in total. The van der Waals surface area contributed by atoms with Crippen molar-refractivity contribution in [3.8, 4) is 17.2 Å². The average Bonchev–Trinajstić information content (AvgIpc) is 3.14. The number of ether oxygens (including phenoxy) is 3. The summed E-state index contributed by atoms with van der Waals surface area (Å²) >= 11 is 6.07. The summed E-state index contributed by atoms with van der Waals surface area (Å²) in [6.45, 7) is 0.179. The van der Waals surface area contributed by atoms with E-state index in [0.717, 1.165) is 28.9 Å². The number of benzene rings is 2. The molecule has 0 radical (unpaired) electrons. The highest BCUT2D eigenvalue weighted by molar-refractivity contribution is 6.30. The monoisotopic (exact) mass is 530 g/mol. The van der Waals surface area contributed by atoms with Crippen LogP contribution in [0.4, 0.5) is 18.0 Å². The van der Waals surface area contributed by atoms with Gasteiger partial charge in [0.15, 0.2) is 0 Å². The van der Waals surface area contributed by atoms with Crippen molar-refractivity contribution >= 4 is 17.8 Å². The van der Waals surface area contributed by atoms with Crippen LogP contribution in [0.15, 0.2) is 51.7 Å². The molecule has 0 aliphatic heterocycles.